The van der Waals surface area contributed by atoms with Crippen LogP contribution in [0.15, 0.2) is 12.4 Å². The van der Waals surface area contributed by atoms with Gasteiger partial charge in [-0.2, -0.15) is 0 Å². The van der Waals surface area contributed by atoms with Gasteiger partial charge in [0.25, 0.3) is 5.91 Å². The fraction of sp³-hybridized carbons (Fsp3) is 0.583. The molecule has 1 amide bonds. The number of amides is 1. The maximum Gasteiger partial charge on any atom is 0.273 e. The lowest BCUT2D eigenvalue weighted by Gasteiger charge is -2.16. The van der Waals surface area contributed by atoms with Crippen LogP contribution >= 0.6 is 0 Å². The molecule has 1 fully saturated rings. The van der Waals surface area contributed by atoms with Gasteiger partial charge < -0.3 is 15.4 Å². The predicted molar refractivity (Wildman–Crippen MR) is 66.9 cm³/mol. The first-order valence-electron chi connectivity index (χ1n) is 6.07. The number of nitrogens with two attached hydrogens (primary N) is 1. The number of carbonyl (C=O) groups excluding carboxylic acids is 1. The fourth-order valence-electron chi connectivity index (χ4n) is 1.52. The molecular formula is C12H18N4O2. The molecule has 1 heterocycles. The number of nitrogens with zero attached hydrogens (tertiary/aromatic N) is 3. The minimum absolute atomic E-state index is 0.190. The van der Waals surface area contributed by atoms with Crippen molar-refractivity contribution in [2.24, 2.45) is 5.92 Å². The lowest BCUT2D eigenvalue weighted by atomic mass is 10.4. The van der Waals surface area contributed by atoms with Crippen molar-refractivity contribution < 1.29 is 9.53 Å². The second-order valence-corrected chi connectivity index (χ2v) is 4.57. The Morgan fingerprint density at radius 1 is 1.56 bits per heavy atom. The summed E-state index contributed by atoms with van der Waals surface area (Å²) in [6.45, 7) is 1.90. The van der Waals surface area contributed by atoms with Crippen molar-refractivity contribution in [3.63, 3.8) is 0 Å². The van der Waals surface area contributed by atoms with E-state index in [2.05, 4.69) is 9.97 Å². The first-order valence-corrected chi connectivity index (χ1v) is 6.07. The van der Waals surface area contributed by atoms with Crippen LogP contribution in [0.4, 0.5) is 5.82 Å². The highest BCUT2D eigenvalue weighted by atomic mass is 16.5. The second-order valence-electron chi connectivity index (χ2n) is 4.57. The Morgan fingerprint density at radius 2 is 2.33 bits per heavy atom. The molecular weight excluding hydrogens is 232 g/mol. The zero-order chi connectivity index (χ0) is 13.0. The molecule has 18 heavy (non-hydrogen) atoms. The third-order valence-corrected chi connectivity index (χ3v) is 2.84. The topological polar surface area (TPSA) is 81.3 Å². The maximum atomic E-state index is 11.9. The minimum Gasteiger partial charge on any atom is -0.382 e. The van der Waals surface area contributed by atoms with E-state index >= 15 is 0 Å². The van der Waals surface area contributed by atoms with Gasteiger partial charge in [-0.3, -0.25) is 9.78 Å². The lowest BCUT2D eigenvalue weighted by molar-refractivity contribution is 0.0676. The third kappa shape index (κ3) is 3.66. The van der Waals surface area contributed by atoms with E-state index in [9.17, 15) is 4.79 Å². The second kappa shape index (κ2) is 5.77. The number of nitrogen functional groups attached to an aromatic ring is 1. The summed E-state index contributed by atoms with van der Waals surface area (Å²) >= 11 is 0. The van der Waals surface area contributed by atoms with E-state index in [1.54, 1.807) is 11.9 Å². The summed E-state index contributed by atoms with van der Waals surface area (Å²) in [6, 6.07) is 0. The molecule has 0 unspecified atom stereocenters. The number of rotatable bonds is 6. The summed E-state index contributed by atoms with van der Waals surface area (Å²) in [5, 5.41) is 0. The number of aromatic nitrogens is 2. The summed E-state index contributed by atoms with van der Waals surface area (Å²) in [4.78, 5) is 21.3. The van der Waals surface area contributed by atoms with Crippen LogP contribution in [0.1, 0.15) is 23.3 Å². The normalized spacial score (nSPS) is 14.5. The van der Waals surface area contributed by atoms with E-state index in [0.29, 0.717) is 13.2 Å². The van der Waals surface area contributed by atoms with Crippen LogP contribution in [-0.2, 0) is 4.74 Å². The van der Waals surface area contributed by atoms with Crippen LogP contribution in [0, 0.1) is 5.92 Å². The number of carbonyl (C=O) groups is 1. The van der Waals surface area contributed by atoms with Crippen LogP contribution in [0.3, 0.4) is 0 Å². The average Bonchev–Trinajstić information content (AvgIpc) is 3.17. The van der Waals surface area contributed by atoms with Crippen molar-refractivity contribution in [2.45, 2.75) is 12.8 Å². The highest BCUT2D eigenvalue weighted by Crippen LogP contribution is 2.28. The van der Waals surface area contributed by atoms with Crippen molar-refractivity contribution in [3.05, 3.63) is 18.1 Å². The van der Waals surface area contributed by atoms with Gasteiger partial charge in [0.1, 0.15) is 11.5 Å². The van der Waals surface area contributed by atoms with E-state index in [0.717, 1.165) is 12.5 Å². The largest absolute Gasteiger partial charge is 0.382 e. The molecule has 1 aliphatic rings. The van der Waals surface area contributed by atoms with E-state index in [1.807, 2.05) is 0 Å². The molecule has 6 heteroatoms. The molecule has 0 radical (unpaired) electrons. The Morgan fingerprint density at radius 3 is 3.00 bits per heavy atom. The van der Waals surface area contributed by atoms with Gasteiger partial charge in [0.05, 0.1) is 19.0 Å². The number of anilines is 1. The van der Waals surface area contributed by atoms with Crippen LogP contribution in [-0.4, -0.2) is 47.6 Å². The van der Waals surface area contributed by atoms with Gasteiger partial charge in [0, 0.05) is 20.2 Å². The summed E-state index contributed by atoms with van der Waals surface area (Å²) in [5.74, 6) is 0.801. The lowest BCUT2D eigenvalue weighted by Crippen LogP contribution is -2.31. The highest BCUT2D eigenvalue weighted by Gasteiger charge is 2.21. The molecule has 0 spiro atoms. The Balaban J connectivity index is 1.76. The van der Waals surface area contributed by atoms with Gasteiger partial charge in [0.15, 0.2) is 0 Å². The zero-order valence-electron chi connectivity index (χ0n) is 10.5. The van der Waals surface area contributed by atoms with Gasteiger partial charge >= 0.3 is 0 Å². The molecule has 6 nitrogen and oxygen atoms in total. The van der Waals surface area contributed by atoms with Gasteiger partial charge in [0.2, 0.25) is 0 Å². The van der Waals surface area contributed by atoms with E-state index in [-0.39, 0.29) is 17.4 Å². The summed E-state index contributed by atoms with van der Waals surface area (Å²) < 4.78 is 5.48. The van der Waals surface area contributed by atoms with Crippen molar-refractivity contribution in [1.82, 2.24) is 14.9 Å². The van der Waals surface area contributed by atoms with E-state index in [4.69, 9.17) is 10.5 Å². The maximum absolute atomic E-state index is 11.9. The molecule has 1 saturated carbocycles. The molecule has 0 aliphatic heterocycles. The first-order chi connectivity index (χ1) is 8.66. The smallest absolute Gasteiger partial charge is 0.273 e. The average molecular weight is 250 g/mol. The molecule has 1 aliphatic carbocycles. The Labute approximate surface area is 106 Å². The van der Waals surface area contributed by atoms with Crippen molar-refractivity contribution >= 4 is 11.7 Å². The Bertz CT molecular complexity index is 420. The SMILES string of the molecule is CN(CCOCC1CC1)C(=O)c1cncc(N)n1. The Kier molecular flexibility index (Phi) is 4.09. The quantitative estimate of drug-likeness (QED) is 0.746. The van der Waals surface area contributed by atoms with Crippen LogP contribution in [0.5, 0.6) is 0 Å². The van der Waals surface area contributed by atoms with E-state index < -0.39 is 0 Å². The van der Waals surface area contributed by atoms with Crippen LogP contribution in [0.25, 0.3) is 0 Å². The molecule has 0 aromatic carbocycles. The summed E-state index contributed by atoms with van der Waals surface area (Å²) in [6.07, 6.45) is 5.37. The van der Waals surface area contributed by atoms with Crippen molar-refractivity contribution in [2.75, 3.05) is 32.5 Å². The fourth-order valence-corrected chi connectivity index (χ4v) is 1.52. The van der Waals surface area contributed by atoms with Crippen LogP contribution in [0.2, 0.25) is 0 Å². The third-order valence-electron chi connectivity index (χ3n) is 2.84. The molecule has 0 saturated heterocycles. The number of hydrogen-bond acceptors (Lipinski definition) is 5. The van der Waals surface area contributed by atoms with Gasteiger partial charge in [-0.1, -0.05) is 0 Å². The van der Waals surface area contributed by atoms with Gasteiger partial charge in [-0.05, 0) is 18.8 Å². The zero-order valence-corrected chi connectivity index (χ0v) is 10.5. The van der Waals surface area contributed by atoms with E-state index in [1.165, 1.54) is 25.2 Å². The van der Waals surface area contributed by atoms with Crippen molar-refractivity contribution in [1.29, 1.82) is 0 Å². The molecule has 0 atom stereocenters. The molecule has 0 bridgehead atoms. The molecule has 1 aromatic heterocycles. The summed E-state index contributed by atoms with van der Waals surface area (Å²) in [7, 11) is 1.72. The first kappa shape index (κ1) is 12.8. The number of ether oxygens (including phenoxy) is 1. The van der Waals surface area contributed by atoms with Crippen LogP contribution < -0.4 is 5.73 Å². The minimum atomic E-state index is -0.190. The van der Waals surface area contributed by atoms with Gasteiger partial charge in [-0.15, -0.1) is 0 Å². The molecule has 2 rings (SSSR count). The van der Waals surface area contributed by atoms with Crippen molar-refractivity contribution in [3.8, 4) is 0 Å². The highest BCUT2D eigenvalue weighted by molar-refractivity contribution is 5.92. The summed E-state index contributed by atoms with van der Waals surface area (Å²) in [5.41, 5.74) is 5.75. The predicted octanol–water partition coefficient (Wildman–Crippen LogP) is 0.557. The van der Waals surface area contributed by atoms with Gasteiger partial charge in [-0.25, -0.2) is 4.98 Å². The monoisotopic (exact) mass is 250 g/mol. The molecule has 98 valence electrons. The molecule has 2 N–H and O–H groups in total. The Hall–Kier alpha value is -1.69. The number of likely N-dealkylation sites (N-methyl/N-ethyl adjacent to an activating group) is 1. The number of hydrogen-bond donors (Lipinski definition) is 1. The standard InChI is InChI=1S/C12H18N4O2/c1-16(4-5-18-8-9-2-3-9)12(17)10-6-14-7-11(13)15-10/h6-7,9H,2-5,8H2,1H3,(H2,13,15). The molecule has 1 aromatic rings.